The van der Waals surface area contributed by atoms with Crippen molar-refractivity contribution in [2.24, 2.45) is 5.92 Å². The maximum absolute atomic E-state index is 12.1. The molecule has 3 rings (SSSR count). The summed E-state index contributed by atoms with van der Waals surface area (Å²) in [5.41, 5.74) is 3.40. The maximum atomic E-state index is 12.1. The maximum Gasteiger partial charge on any atom is 0.251 e. The van der Waals surface area contributed by atoms with E-state index in [-0.39, 0.29) is 5.91 Å². The molecule has 3 heteroatoms. The van der Waals surface area contributed by atoms with Gasteiger partial charge in [0.15, 0.2) is 0 Å². The van der Waals surface area contributed by atoms with Gasteiger partial charge in [0, 0.05) is 12.1 Å². The molecule has 2 aromatic carbocycles. The van der Waals surface area contributed by atoms with Crippen molar-refractivity contribution in [2.45, 2.75) is 39.0 Å². The van der Waals surface area contributed by atoms with Crippen molar-refractivity contribution < 1.29 is 4.79 Å². The van der Waals surface area contributed by atoms with E-state index in [1.807, 2.05) is 31.2 Å². The number of aryl methyl sites for hydroxylation is 1. The zero-order valence-corrected chi connectivity index (χ0v) is 16.5. The Bertz CT molecular complexity index is 688. The van der Waals surface area contributed by atoms with E-state index >= 15 is 0 Å². The van der Waals surface area contributed by atoms with Crippen LogP contribution in [0.3, 0.4) is 0 Å². The van der Waals surface area contributed by atoms with Gasteiger partial charge >= 0.3 is 0 Å². The van der Waals surface area contributed by atoms with Crippen molar-refractivity contribution in [3.63, 3.8) is 0 Å². The van der Waals surface area contributed by atoms with Gasteiger partial charge in [-0.05, 0) is 82.3 Å². The van der Waals surface area contributed by atoms with Crippen molar-refractivity contribution in [2.75, 3.05) is 26.2 Å². The standard InChI is InChI=1S/C24H32N2O/c1-20-9-11-23(12-10-20)24(27)25-15-5-6-16-26-17-13-22(14-18-26)19-21-7-3-2-4-8-21/h2-4,7-12,22H,5-6,13-19H2,1H3,(H,25,27). The van der Waals surface area contributed by atoms with E-state index in [9.17, 15) is 4.79 Å². The topological polar surface area (TPSA) is 32.3 Å². The van der Waals surface area contributed by atoms with Gasteiger partial charge in [0.2, 0.25) is 0 Å². The van der Waals surface area contributed by atoms with E-state index in [0.29, 0.717) is 0 Å². The Morgan fingerprint density at radius 2 is 1.70 bits per heavy atom. The molecule has 27 heavy (non-hydrogen) atoms. The fourth-order valence-corrected chi connectivity index (χ4v) is 3.83. The molecule has 1 fully saturated rings. The predicted molar refractivity (Wildman–Crippen MR) is 112 cm³/mol. The smallest absolute Gasteiger partial charge is 0.251 e. The first kappa shape index (κ1) is 19.6. The molecule has 0 aliphatic carbocycles. The van der Waals surface area contributed by atoms with Gasteiger partial charge in [0.25, 0.3) is 5.91 Å². The Kier molecular flexibility index (Phi) is 7.46. The second-order valence-corrected chi connectivity index (χ2v) is 7.80. The van der Waals surface area contributed by atoms with Crippen LogP contribution in [0.4, 0.5) is 0 Å². The van der Waals surface area contributed by atoms with Crippen LogP contribution in [0.25, 0.3) is 0 Å². The second-order valence-electron chi connectivity index (χ2n) is 7.80. The molecule has 0 bridgehead atoms. The number of likely N-dealkylation sites (tertiary alicyclic amines) is 1. The van der Waals surface area contributed by atoms with Crippen LogP contribution in [0.5, 0.6) is 0 Å². The first-order valence-electron chi connectivity index (χ1n) is 10.3. The fourth-order valence-electron chi connectivity index (χ4n) is 3.83. The van der Waals surface area contributed by atoms with E-state index in [4.69, 9.17) is 0 Å². The predicted octanol–water partition coefficient (Wildman–Crippen LogP) is 4.46. The molecule has 1 N–H and O–H groups in total. The molecule has 1 aliphatic heterocycles. The van der Waals surface area contributed by atoms with Gasteiger partial charge < -0.3 is 10.2 Å². The number of hydrogen-bond donors (Lipinski definition) is 1. The summed E-state index contributed by atoms with van der Waals surface area (Å²) in [6.45, 7) is 6.38. The van der Waals surface area contributed by atoms with E-state index in [0.717, 1.165) is 37.4 Å². The molecule has 0 aromatic heterocycles. The summed E-state index contributed by atoms with van der Waals surface area (Å²) in [7, 11) is 0. The van der Waals surface area contributed by atoms with Crippen molar-refractivity contribution >= 4 is 5.91 Å². The highest BCUT2D eigenvalue weighted by atomic mass is 16.1. The number of amides is 1. The quantitative estimate of drug-likeness (QED) is 0.702. The number of carbonyl (C=O) groups excluding carboxylic acids is 1. The van der Waals surface area contributed by atoms with Gasteiger partial charge in [-0.15, -0.1) is 0 Å². The van der Waals surface area contributed by atoms with Gasteiger partial charge in [-0.1, -0.05) is 48.0 Å². The Labute approximate surface area is 163 Å². The molecule has 2 aromatic rings. The van der Waals surface area contributed by atoms with Gasteiger partial charge in [0.05, 0.1) is 0 Å². The summed E-state index contributed by atoms with van der Waals surface area (Å²) in [4.78, 5) is 14.7. The number of hydrogen-bond acceptors (Lipinski definition) is 2. The monoisotopic (exact) mass is 364 g/mol. The number of rotatable bonds is 8. The van der Waals surface area contributed by atoms with Crippen LogP contribution in [0, 0.1) is 12.8 Å². The molecule has 3 nitrogen and oxygen atoms in total. The van der Waals surface area contributed by atoms with Crippen LogP contribution in [-0.4, -0.2) is 37.0 Å². The van der Waals surface area contributed by atoms with Gasteiger partial charge in [0.1, 0.15) is 0 Å². The highest BCUT2D eigenvalue weighted by Gasteiger charge is 2.18. The van der Waals surface area contributed by atoms with Crippen molar-refractivity contribution in [3.05, 3.63) is 71.3 Å². The third kappa shape index (κ3) is 6.51. The lowest BCUT2D eigenvalue weighted by molar-refractivity contribution is 0.0952. The van der Waals surface area contributed by atoms with Crippen LogP contribution in [0.15, 0.2) is 54.6 Å². The molecular weight excluding hydrogens is 332 g/mol. The average molecular weight is 365 g/mol. The fraction of sp³-hybridized carbons (Fsp3) is 0.458. The highest BCUT2D eigenvalue weighted by molar-refractivity contribution is 5.94. The Hall–Kier alpha value is -2.13. The van der Waals surface area contributed by atoms with E-state index in [2.05, 4.69) is 40.5 Å². The molecule has 0 unspecified atom stereocenters. The molecule has 1 saturated heterocycles. The Morgan fingerprint density at radius 1 is 1.00 bits per heavy atom. The minimum atomic E-state index is 0.0386. The zero-order chi connectivity index (χ0) is 18.9. The minimum absolute atomic E-state index is 0.0386. The van der Waals surface area contributed by atoms with Gasteiger partial charge in [-0.3, -0.25) is 4.79 Å². The van der Waals surface area contributed by atoms with Crippen LogP contribution in [-0.2, 0) is 6.42 Å². The van der Waals surface area contributed by atoms with E-state index in [1.54, 1.807) is 0 Å². The lowest BCUT2D eigenvalue weighted by atomic mass is 9.90. The first-order valence-corrected chi connectivity index (χ1v) is 10.3. The molecule has 1 amide bonds. The van der Waals surface area contributed by atoms with Gasteiger partial charge in [-0.25, -0.2) is 0 Å². The molecule has 0 radical (unpaired) electrons. The van der Waals surface area contributed by atoms with Crippen molar-refractivity contribution in [1.29, 1.82) is 0 Å². The number of carbonyl (C=O) groups is 1. The van der Waals surface area contributed by atoms with E-state index < -0.39 is 0 Å². The molecule has 144 valence electrons. The zero-order valence-electron chi connectivity index (χ0n) is 16.5. The minimum Gasteiger partial charge on any atom is -0.352 e. The third-order valence-electron chi connectivity index (χ3n) is 5.57. The van der Waals surface area contributed by atoms with E-state index in [1.165, 1.54) is 43.5 Å². The second kappa shape index (κ2) is 10.3. The number of benzene rings is 2. The lowest BCUT2D eigenvalue weighted by Crippen LogP contribution is -2.35. The number of piperidine rings is 1. The molecule has 0 spiro atoms. The molecule has 0 saturated carbocycles. The number of nitrogens with zero attached hydrogens (tertiary/aromatic N) is 1. The van der Waals surface area contributed by atoms with Gasteiger partial charge in [-0.2, -0.15) is 0 Å². The first-order chi connectivity index (χ1) is 13.2. The number of unbranched alkanes of at least 4 members (excludes halogenated alkanes) is 1. The normalized spacial score (nSPS) is 15.6. The largest absolute Gasteiger partial charge is 0.352 e. The summed E-state index contributed by atoms with van der Waals surface area (Å²) in [6.07, 6.45) is 6.02. The van der Waals surface area contributed by atoms with Crippen LogP contribution >= 0.6 is 0 Å². The van der Waals surface area contributed by atoms with Crippen LogP contribution in [0.1, 0.15) is 47.2 Å². The molecule has 0 atom stereocenters. The van der Waals surface area contributed by atoms with Crippen molar-refractivity contribution in [3.8, 4) is 0 Å². The Balaban J connectivity index is 1.26. The van der Waals surface area contributed by atoms with Crippen molar-refractivity contribution in [1.82, 2.24) is 10.2 Å². The lowest BCUT2D eigenvalue weighted by Gasteiger charge is -2.32. The molecule has 1 heterocycles. The average Bonchev–Trinajstić information content (AvgIpc) is 2.70. The summed E-state index contributed by atoms with van der Waals surface area (Å²) >= 11 is 0. The van der Waals surface area contributed by atoms with Crippen LogP contribution in [0.2, 0.25) is 0 Å². The summed E-state index contributed by atoms with van der Waals surface area (Å²) < 4.78 is 0. The number of nitrogens with one attached hydrogen (secondary N) is 1. The summed E-state index contributed by atoms with van der Waals surface area (Å²) in [5.74, 6) is 0.870. The van der Waals surface area contributed by atoms with Crippen LogP contribution < -0.4 is 5.32 Å². The molecule has 1 aliphatic rings. The highest BCUT2D eigenvalue weighted by Crippen LogP contribution is 2.21. The summed E-state index contributed by atoms with van der Waals surface area (Å²) in [5, 5.41) is 3.03. The third-order valence-corrected chi connectivity index (χ3v) is 5.57. The molecular formula is C24H32N2O. The Morgan fingerprint density at radius 3 is 2.41 bits per heavy atom. The summed E-state index contributed by atoms with van der Waals surface area (Å²) in [6, 6.07) is 18.6. The SMILES string of the molecule is Cc1ccc(C(=O)NCCCCN2CCC(Cc3ccccc3)CC2)cc1.